The molecule has 5 heteroatoms. The van der Waals surface area contributed by atoms with Gasteiger partial charge in [0, 0.05) is 17.8 Å². The molecular weight excluding hydrogens is 216 g/mol. The minimum Gasteiger partial charge on any atom is -0.354 e. The van der Waals surface area contributed by atoms with Crippen molar-refractivity contribution in [2.24, 2.45) is 5.73 Å². The fourth-order valence-electron chi connectivity index (χ4n) is 1.57. The van der Waals surface area contributed by atoms with Crippen LogP contribution < -0.4 is 11.1 Å². The summed E-state index contributed by atoms with van der Waals surface area (Å²) in [7, 11) is 0. The van der Waals surface area contributed by atoms with E-state index < -0.39 is 0 Å². The number of rotatable bonds is 6. The fraction of sp³-hybridized carbons (Fsp3) is 0.667. The Balaban J connectivity index is 2.40. The number of H-pyrrole nitrogens is 1. The number of nitrogens with one attached hydrogen (secondary N) is 2. The summed E-state index contributed by atoms with van der Waals surface area (Å²) >= 11 is 0. The molecule has 0 unspecified atom stereocenters. The van der Waals surface area contributed by atoms with Crippen LogP contribution in [-0.4, -0.2) is 28.2 Å². The van der Waals surface area contributed by atoms with Crippen LogP contribution in [0.15, 0.2) is 6.07 Å². The summed E-state index contributed by atoms with van der Waals surface area (Å²) in [5, 5.41) is 9.70. The van der Waals surface area contributed by atoms with Crippen LogP contribution in [0.1, 0.15) is 38.1 Å². The average molecular weight is 238 g/mol. The topological polar surface area (TPSA) is 83.8 Å². The molecule has 0 aromatic carbocycles. The maximum atomic E-state index is 11.7. The minimum atomic E-state index is -0.294. The summed E-state index contributed by atoms with van der Waals surface area (Å²) in [5.41, 5.74) is 7.53. The molecule has 96 valence electrons. The lowest BCUT2D eigenvalue weighted by atomic mass is 9.94. The van der Waals surface area contributed by atoms with Gasteiger partial charge in [-0.3, -0.25) is 9.89 Å². The van der Waals surface area contributed by atoms with Gasteiger partial charge >= 0.3 is 0 Å². The van der Waals surface area contributed by atoms with Gasteiger partial charge in [-0.05, 0) is 25.8 Å². The maximum Gasteiger partial charge on any atom is 0.226 e. The second-order valence-electron chi connectivity index (χ2n) is 4.57. The normalized spacial score (nSPS) is 11.5. The Morgan fingerprint density at radius 1 is 1.53 bits per heavy atom. The smallest absolute Gasteiger partial charge is 0.226 e. The van der Waals surface area contributed by atoms with E-state index in [9.17, 15) is 4.79 Å². The SMILES string of the molecule is CCC(N)(CC)CNC(=O)Cc1cc(C)[nH]n1. The molecule has 0 radical (unpaired) electrons. The number of carbonyl (C=O) groups excluding carboxylic acids is 1. The third-order valence-electron chi connectivity index (χ3n) is 3.15. The van der Waals surface area contributed by atoms with Gasteiger partial charge < -0.3 is 11.1 Å². The highest BCUT2D eigenvalue weighted by atomic mass is 16.1. The highest BCUT2D eigenvalue weighted by Crippen LogP contribution is 2.09. The number of carbonyl (C=O) groups is 1. The predicted molar refractivity (Wildman–Crippen MR) is 67.5 cm³/mol. The number of hydrogen-bond donors (Lipinski definition) is 3. The van der Waals surface area contributed by atoms with Crippen LogP contribution in [-0.2, 0) is 11.2 Å². The first kappa shape index (κ1) is 13.7. The molecule has 0 fully saturated rings. The lowest BCUT2D eigenvalue weighted by molar-refractivity contribution is -0.120. The highest BCUT2D eigenvalue weighted by molar-refractivity contribution is 5.78. The highest BCUT2D eigenvalue weighted by Gasteiger charge is 2.20. The van der Waals surface area contributed by atoms with Crippen LogP contribution in [0.5, 0.6) is 0 Å². The van der Waals surface area contributed by atoms with Crippen molar-refractivity contribution in [2.45, 2.75) is 45.6 Å². The molecule has 4 N–H and O–H groups in total. The number of aromatic nitrogens is 2. The van der Waals surface area contributed by atoms with Gasteiger partial charge in [-0.1, -0.05) is 13.8 Å². The standard InChI is InChI=1S/C12H22N4O/c1-4-12(13,5-2)8-14-11(17)7-10-6-9(3)15-16-10/h6H,4-5,7-8,13H2,1-3H3,(H,14,17)(H,15,16). The van der Waals surface area contributed by atoms with Gasteiger partial charge in [0.2, 0.25) is 5.91 Å². The Labute approximate surface area is 102 Å². The Morgan fingerprint density at radius 2 is 2.18 bits per heavy atom. The molecule has 1 aromatic rings. The van der Waals surface area contributed by atoms with E-state index in [4.69, 9.17) is 5.73 Å². The van der Waals surface area contributed by atoms with Gasteiger partial charge in [0.05, 0.1) is 12.1 Å². The molecule has 0 spiro atoms. The summed E-state index contributed by atoms with van der Waals surface area (Å²) in [5.74, 6) is -0.0341. The zero-order valence-corrected chi connectivity index (χ0v) is 10.8. The molecule has 0 aliphatic heterocycles. The third-order valence-corrected chi connectivity index (χ3v) is 3.15. The first-order valence-corrected chi connectivity index (χ1v) is 6.05. The molecular formula is C12H22N4O. The summed E-state index contributed by atoms with van der Waals surface area (Å²) < 4.78 is 0. The first-order chi connectivity index (χ1) is 7.99. The predicted octanol–water partition coefficient (Wildman–Crippen LogP) is 0.894. The number of aryl methyl sites for hydroxylation is 1. The molecule has 1 amide bonds. The molecule has 1 rings (SSSR count). The van der Waals surface area contributed by atoms with Crippen molar-refractivity contribution in [2.75, 3.05) is 6.54 Å². The average Bonchev–Trinajstić information content (AvgIpc) is 2.72. The Morgan fingerprint density at radius 3 is 2.65 bits per heavy atom. The molecule has 0 aliphatic carbocycles. The Hall–Kier alpha value is -1.36. The van der Waals surface area contributed by atoms with Crippen molar-refractivity contribution >= 4 is 5.91 Å². The van der Waals surface area contributed by atoms with E-state index in [0.717, 1.165) is 24.2 Å². The molecule has 0 saturated carbocycles. The summed E-state index contributed by atoms with van der Waals surface area (Å²) in [6, 6.07) is 1.87. The number of aromatic amines is 1. The molecule has 0 saturated heterocycles. The number of nitrogens with zero attached hydrogens (tertiary/aromatic N) is 1. The van der Waals surface area contributed by atoms with Crippen LogP contribution in [0.25, 0.3) is 0 Å². The largest absolute Gasteiger partial charge is 0.354 e. The summed E-state index contributed by atoms with van der Waals surface area (Å²) in [6.07, 6.45) is 2.00. The van der Waals surface area contributed by atoms with Gasteiger partial charge in [0.1, 0.15) is 0 Å². The third kappa shape index (κ3) is 4.19. The molecule has 0 aliphatic rings. The van der Waals surface area contributed by atoms with Crippen molar-refractivity contribution in [1.29, 1.82) is 0 Å². The second-order valence-corrected chi connectivity index (χ2v) is 4.57. The lowest BCUT2D eigenvalue weighted by Gasteiger charge is -2.26. The van der Waals surface area contributed by atoms with Gasteiger partial charge in [0.25, 0.3) is 0 Å². The first-order valence-electron chi connectivity index (χ1n) is 6.05. The van der Waals surface area contributed by atoms with Gasteiger partial charge in [0.15, 0.2) is 0 Å². The Kier molecular flexibility index (Phi) is 4.69. The van der Waals surface area contributed by atoms with E-state index in [0.29, 0.717) is 13.0 Å². The molecule has 1 heterocycles. The molecule has 0 bridgehead atoms. The van der Waals surface area contributed by atoms with Crippen molar-refractivity contribution in [3.8, 4) is 0 Å². The summed E-state index contributed by atoms with van der Waals surface area (Å²) in [6.45, 7) is 6.50. The lowest BCUT2D eigenvalue weighted by Crippen LogP contribution is -2.49. The number of nitrogens with two attached hydrogens (primary N) is 1. The van der Waals surface area contributed by atoms with E-state index >= 15 is 0 Å². The number of hydrogen-bond acceptors (Lipinski definition) is 3. The van der Waals surface area contributed by atoms with E-state index in [1.54, 1.807) is 0 Å². The molecule has 17 heavy (non-hydrogen) atoms. The van der Waals surface area contributed by atoms with Gasteiger partial charge in [-0.15, -0.1) is 0 Å². The van der Waals surface area contributed by atoms with Gasteiger partial charge in [-0.2, -0.15) is 5.10 Å². The second kappa shape index (κ2) is 5.82. The van der Waals surface area contributed by atoms with Crippen LogP contribution in [0, 0.1) is 6.92 Å². The van der Waals surface area contributed by atoms with Crippen LogP contribution in [0.4, 0.5) is 0 Å². The minimum absolute atomic E-state index is 0.0341. The van der Waals surface area contributed by atoms with Gasteiger partial charge in [-0.25, -0.2) is 0 Å². The molecule has 5 nitrogen and oxygen atoms in total. The van der Waals surface area contributed by atoms with Crippen LogP contribution in [0.2, 0.25) is 0 Å². The quantitative estimate of drug-likeness (QED) is 0.688. The van der Waals surface area contributed by atoms with E-state index in [1.165, 1.54) is 0 Å². The van der Waals surface area contributed by atoms with Crippen LogP contribution in [0.3, 0.4) is 0 Å². The van der Waals surface area contributed by atoms with E-state index in [-0.39, 0.29) is 11.4 Å². The fourth-order valence-corrected chi connectivity index (χ4v) is 1.57. The van der Waals surface area contributed by atoms with Crippen molar-refractivity contribution in [1.82, 2.24) is 15.5 Å². The van der Waals surface area contributed by atoms with Crippen molar-refractivity contribution < 1.29 is 4.79 Å². The summed E-state index contributed by atoms with van der Waals surface area (Å²) in [4.78, 5) is 11.7. The Bertz CT molecular complexity index is 368. The zero-order valence-electron chi connectivity index (χ0n) is 10.8. The van der Waals surface area contributed by atoms with Crippen molar-refractivity contribution in [3.05, 3.63) is 17.5 Å². The molecule has 0 atom stereocenters. The number of amides is 1. The van der Waals surface area contributed by atoms with Crippen LogP contribution >= 0.6 is 0 Å². The van der Waals surface area contributed by atoms with E-state index in [2.05, 4.69) is 15.5 Å². The van der Waals surface area contributed by atoms with Crippen molar-refractivity contribution in [3.63, 3.8) is 0 Å². The molecule has 1 aromatic heterocycles. The zero-order chi connectivity index (χ0) is 12.9. The van der Waals surface area contributed by atoms with E-state index in [1.807, 2.05) is 26.8 Å². The monoisotopic (exact) mass is 238 g/mol. The maximum absolute atomic E-state index is 11.7.